The highest BCUT2D eigenvalue weighted by molar-refractivity contribution is 9.10. The van der Waals surface area contributed by atoms with Crippen molar-refractivity contribution in [3.63, 3.8) is 0 Å². The molecule has 1 aromatic carbocycles. The summed E-state index contributed by atoms with van der Waals surface area (Å²) in [6.45, 7) is 2.55. The van der Waals surface area contributed by atoms with Crippen LogP contribution in [0.1, 0.15) is 12.5 Å². The van der Waals surface area contributed by atoms with E-state index in [2.05, 4.69) is 26.2 Å². The Morgan fingerprint density at radius 1 is 1.37 bits per heavy atom. The molecule has 0 amide bonds. The number of morpholine rings is 1. The predicted octanol–water partition coefficient (Wildman–Crippen LogP) is 3.14. The lowest BCUT2D eigenvalue weighted by Gasteiger charge is -2.30. The van der Waals surface area contributed by atoms with Gasteiger partial charge < -0.3 is 10.1 Å². The van der Waals surface area contributed by atoms with Gasteiger partial charge in [-0.1, -0.05) is 6.07 Å². The second-order valence-corrected chi connectivity index (χ2v) is 8.96. The Kier molecular flexibility index (Phi) is 6.09. The lowest BCUT2D eigenvalue weighted by atomic mass is 10.2. The van der Waals surface area contributed by atoms with Gasteiger partial charge in [0.2, 0.25) is 10.0 Å². The van der Waals surface area contributed by atoms with Crippen LogP contribution in [-0.4, -0.2) is 43.5 Å². The number of aromatic nitrogens is 1. The Balaban J connectivity index is 1.88. The summed E-state index contributed by atoms with van der Waals surface area (Å²) in [6, 6.07) is 4.67. The lowest BCUT2D eigenvalue weighted by molar-refractivity contribution is 0.0102. The van der Waals surface area contributed by atoms with Gasteiger partial charge in [0, 0.05) is 41.9 Å². The Bertz CT molecular complexity index is 943. The Morgan fingerprint density at radius 3 is 2.85 bits per heavy atom. The average molecular weight is 462 g/mol. The number of halogens is 3. The van der Waals surface area contributed by atoms with Gasteiger partial charge in [0.25, 0.3) is 0 Å². The molecule has 1 saturated heterocycles. The Hall–Kier alpha value is -1.62. The molecule has 1 aliphatic rings. The first-order valence-corrected chi connectivity index (χ1v) is 10.5. The van der Waals surface area contributed by atoms with Crippen LogP contribution in [0.2, 0.25) is 0 Å². The molecular weight excluding hydrogens is 444 g/mol. The highest BCUT2D eigenvalue weighted by atomic mass is 79.9. The number of rotatable bonds is 5. The molecular formula is C17H18BrF2N3O3S. The van der Waals surface area contributed by atoms with Crippen molar-refractivity contribution in [3.05, 3.63) is 52.1 Å². The number of pyridine rings is 1. The van der Waals surface area contributed by atoms with Crippen molar-refractivity contribution >= 4 is 31.8 Å². The molecule has 0 bridgehead atoms. The van der Waals surface area contributed by atoms with Crippen LogP contribution in [-0.2, 0) is 21.3 Å². The predicted molar refractivity (Wildman–Crippen MR) is 99.8 cm³/mol. The normalized spacial score (nSPS) is 18.4. The van der Waals surface area contributed by atoms with Crippen LogP contribution in [0, 0.1) is 11.6 Å². The maximum atomic E-state index is 13.8. The number of hydrogen-bond donors (Lipinski definition) is 1. The number of benzene rings is 1. The maximum absolute atomic E-state index is 13.8. The summed E-state index contributed by atoms with van der Waals surface area (Å²) in [5.41, 5.74) is 0.199. The molecule has 1 aliphatic heterocycles. The van der Waals surface area contributed by atoms with E-state index < -0.39 is 21.7 Å². The standard InChI is InChI=1S/C17H18BrF2N3O3S/c1-11-10-23(4-5-26-11)27(24,25)16-6-13(18)9-22-17(16)21-8-12-2-3-14(19)7-15(12)20/h2-3,6-7,9,11H,4-5,8,10H2,1H3,(H,21,22)/t11-/m1/s1. The average Bonchev–Trinajstić information content (AvgIpc) is 2.62. The van der Waals surface area contributed by atoms with Crippen molar-refractivity contribution in [1.82, 2.24) is 9.29 Å². The molecule has 2 aromatic rings. The van der Waals surface area contributed by atoms with Gasteiger partial charge in [-0.25, -0.2) is 22.2 Å². The highest BCUT2D eigenvalue weighted by Gasteiger charge is 2.31. The summed E-state index contributed by atoms with van der Waals surface area (Å²) in [5, 5.41) is 2.84. The molecule has 3 rings (SSSR count). The molecule has 1 atom stereocenters. The summed E-state index contributed by atoms with van der Waals surface area (Å²) >= 11 is 3.24. The quantitative estimate of drug-likeness (QED) is 0.740. The first-order chi connectivity index (χ1) is 12.8. The van der Waals surface area contributed by atoms with E-state index >= 15 is 0 Å². The van der Waals surface area contributed by atoms with Crippen molar-refractivity contribution in [2.45, 2.75) is 24.5 Å². The van der Waals surface area contributed by atoms with E-state index in [4.69, 9.17) is 4.74 Å². The minimum atomic E-state index is -3.82. The Morgan fingerprint density at radius 2 is 2.15 bits per heavy atom. The molecule has 1 fully saturated rings. The Labute approximate surface area is 164 Å². The molecule has 146 valence electrons. The maximum Gasteiger partial charge on any atom is 0.246 e. The summed E-state index contributed by atoms with van der Waals surface area (Å²) in [4.78, 5) is 4.11. The van der Waals surface area contributed by atoms with Crippen LogP contribution >= 0.6 is 15.9 Å². The van der Waals surface area contributed by atoms with E-state index in [1.807, 2.05) is 0 Å². The van der Waals surface area contributed by atoms with Crippen molar-refractivity contribution in [2.75, 3.05) is 25.0 Å². The number of nitrogens with one attached hydrogen (secondary N) is 1. The summed E-state index contributed by atoms with van der Waals surface area (Å²) < 4.78 is 60.3. The van der Waals surface area contributed by atoms with Gasteiger partial charge in [-0.3, -0.25) is 0 Å². The summed E-state index contributed by atoms with van der Waals surface area (Å²) in [7, 11) is -3.82. The SMILES string of the molecule is C[C@@H]1CN(S(=O)(=O)c2cc(Br)cnc2NCc2ccc(F)cc2F)CCO1. The monoisotopic (exact) mass is 461 g/mol. The zero-order valence-corrected chi connectivity index (χ0v) is 16.9. The molecule has 2 heterocycles. The third-order valence-corrected chi connectivity index (χ3v) is 6.41. The molecule has 0 saturated carbocycles. The molecule has 0 unspecified atom stereocenters. The fourth-order valence-electron chi connectivity index (χ4n) is 2.74. The molecule has 0 radical (unpaired) electrons. The van der Waals surface area contributed by atoms with Crippen LogP contribution < -0.4 is 5.32 Å². The van der Waals surface area contributed by atoms with Crippen LogP contribution in [0.25, 0.3) is 0 Å². The summed E-state index contributed by atoms with van der Waals surface area (Å²) in [5.74, 6) is -1.30. The number of nitrogens with zero attached hydrogens (tertiary/aromatic N) is 2. The van der Waals surface area contributed by atoms with E-state index in [1.54, 1.807) is 6.92 Å². The summed E-state index contributed by atoms with van der Waals surface area (Å²) in [6.07, 6.45) is 1.24. The van der Waals surface area contributed by atoms with Crippen molar-refractivity contribution in [1.29, 1.82) is 0 Å². The highest BCUT2D eigenvalue weighted by Crippen LogP contribution is 2.28. The smallest absolute Gasteiger partial charge is 0.246 e. The van der Waals surface area contributed by atoms with Crippen molar-refractivity contribution in [2.24, 2.45) is 0 Å². The van der Waals surface area contributed by atoms with Gasteiger partial charge in [-0.05, 0) is 35.0 Å². The zero-order valence-electron chi connectivity index (χ0n) is 14.5. The van der Waals surface area contributed by atoms with Gasteiger partial charge in [0.1, 0.15) is 22.3 Å². The molecule has 1 aromatic heterocycles. The lowest BCUT2D eigenvalue weighted by Crippen LogP contribution is -2.44. The molecule has 1 N–H and O–H groups in total. The van der Waals surface area contributed by atoms with Gasteiger partial charge >= 0.3 is 0 Å². The third-order valence-electron chi connectivity index (χ3n) is 4.10. The zero-order chi connectivity index (χ0) is 19.6. The third kappa shape index (κ3) is 4.63. The van der Waals surface area contributed by atoms with E-state index in [0.29, 0.717) is 11.1 Å². The molecule has 10 heteroatoms. The van der Waals surface area contributed by atoms with Crippen molar-refractivity contribution < 1.29 is 21.9 Å². The topological polar surface area (TPSA) is 71.5 Å². The second-order valence-electron chi connectivity index (χ2n) is 6.13. The largest absolute Gasteiger partial charge is 0.376 e. The fourth-order valence-corrected chi connectivity index (χ4v) is 4.87. The van der Waals surface area contributed by atoms with E-state index in [1.165, 1.54) is 22.6 Å². The molecule has 27 heavy (non-hydrogen) atoms. The van der Waals surface area contributed by atoms with Gasteiger partial charge in [0.05, 0.1) is 12.7 Å². The van der Waals surface area contributed by atoms with Gasteiger partial charge in [0.15, 0.2) is 0 Å². The minimum Gasteiger partial charge on any atom is -0.376 e. The van der Waals surface area contributed by atoms with Crippen molar-refractivity contribution in [3.8, 4) is 0 Å². The minimum absolute atomic E-state index is 0.0199. The number of anilines is 1. The molecule has 6 nitrogen and oxygen atoms in total. The fraction of sp³-hybridized carbons (Fsp3) is 0.353. The van der Waals surface area contributed by atoms with Crippen LogP contribution in [0.3, 0.4) is 0 Å². The van der Waals surface area contributed by atoms with E-state index in [9.17, 15) is 17.2 Å². The number of hydrogen-bond acceptors (Lipinski definition) is 5. The second kappa shape index (κ2) is 8.17. The number of sulfonamides is 1. The van der Waals surface area contributed by atoms with Crippen LogP contribution in [0.4, 0.5) is 14.6 Å². The van der Waals surface area contributed by atoms with Gasteiger partial charge in [-0.2, -0.15) is 4.31 Å². The number of ether oxygens (including phenoxy) is 1. The van der Waals surface area contributed by atoms with Crippen LogP contribution in [0.5, 0.6) is 0 Å². The first-order valence-electron chi connectivity index (χ1n) is 8.22. The van der Waals surface area contributed by atoms with E-state index in [0.717, 1.165) is 12.1 Å². The van der Waals surface area contributed by atoms with E-state index in [-0.39, 0.29) is 42.0 Å². The van der Waals surface area contributed by atoms with Gasteiger partial charge in [-0.15, -0.1) is 0 Å². The van der Waals surface area contributed by atoms with Crippen LogP contribution in [0.15, 0.2) is 39.8 Å². The molecule has 0 aliphatic carbocycles. The molecule has 0 spiro atoms. The first kappa shape index (κ1) is 20.1.